The number of nitrogens with two attached hydrogens (primary N) is 1. The van der Waals surface area contributed by atoms with E-state index in [1.54, 1.807) is 11.1 Å². The maximum atomic E-state index is 6.15. The van der Waals surface area contributed by atoms with E-state index in [-0.39, 0.29) is 0 Å². The van der Waals surface area contributed by atoms with Gasteiger partial charge >= 0.3 is 0 Å². The molecule has 1 aliphatic rings. The number of nitrogens with zero attached hydrogens (tertiary/aromatic N) is 1. The SMILES string of the molecule is CCCN(Cc1ccc2c(c1)CCC2)c1ccccc1N. The van der Waals surface area contributed by atoms with Gasteiger partial charge in [-0.2, -0.15) is 0 Å². The van der Waals surface area contributed by atoms with Crippen molar-refractivity contribution in [3.05, 3.63) is 59.2 Å². The van der Waals surface area contributed by atoms with Gasteiger partial charge in [0.1, 0.15) is 0 Å². The van der Waals surface area contributed by atoms with Crippen molar-refractivity contribution >= 4 is 11.4 Å². The average Bonchev–Trinajstić information content (AvgIpc) is 2.95. The van der Waals surface area contributed by atoms with Gasteiger partial charge in [0.2, 0.25) is 0 Å². The molecule has 0 atom stereocenters. The maximum Gasteiger partial charge on any atom is 0.0602 e. The Kier molecular flexibility index (Phi) is 4.14. The smallest absolute Gasteiger partial charge is 0.0602 e. The number of aryl methyl sites for hydroxylation is 2. The summed E-state index contributed by atoms with van der Waals surface area (Å²) in [7, 11) is 0. The summed E-state index contributed by atoms with van der Waals surface area (Å²) in [6.07, 6.45) is 4.92. The van der Waals surface area contributed by atoms with E-state index in [1.165, 1.54) is 24.8 Å². The van der Waals surface area contributed by atoms with E-state index < -0.39 is 0 Å². The second-order valence-corrected chi connectivity index (χ2v) is 5.94. The zero-order valence-electron chi connectivity index (χ0n) is 12.8. The van der Waals surface area contributed by atoms with E-state index in [9.17, 15) is 0 Å². The summed E-state index contributed by atoms with van der Waals surface area (Å²) in [5, 5.41) is 0. The van der Waals surface area contributed by atoms with E-state index in [0.29, 0.717) is 0 Å². The Morgan fingerprint density at radius 3 is 2.67 bits per heavy atom. The Balaban J connectivity index is 1.84. The molecule has 0 fully saturated rings. The molecule has 0 aromatic heterocycles. The van der Waals surface area contributed by atoms with Gasteiger partial charge in [0.25, 0.3) is 0 Å². The number of hydrogen-bond acceptors (Lipinski definition) is 2. The van der Waals surface area contributed by atoms with Crippen LogP contribution in [0.2, 0.25) is 0 Å². The van der Waals surface area contributed by atoms with Gasteiger partial charge in [-0.15, -0.1) is 0 Å². The predicted molar refractivity (Wildman–Crippen MR) is 90.7 cm³/mol. The number of para-hydroxylation sites is 2. The van der Waals surface area contributed by atoms with Crippen LogP contribution in [0.1, 0.15) is 36.5 Å². The van der Waals surface area contributed by atoms with Crippen LogP contribution in [0.5, 0.6) is 0 Å². The van der Waals surface area contributed by atoms with Crippen molar-refractivity contribution < 1.29 is 0 Å². The van der Waals surface area contributed by atoms with Crippen molar-refractivity contribution in [1.82, 2.24) is 0 Å². The number of nitrogen functional groups attached to an aromatic ring is 1. The Labute approximate surface area is 127 Å². The fourth-order valence-corrected chi connectivity index (χ4v) is 3.27. The van der Waals surface area contributed by atoms with Gasteiger partial charge in [0.15, 0.2) is 0 Å². The van der Waals surface area contributed by atoms with Gasteiger partial charge in [-0.05, 0) is 54.5 Å². The van der Waals surface area contributed by atoms with Crippen LogP contribution in [0.4, 0.5) is 11.4 Å². The van der Waals surface area contributed by atoms with Crippen molar-refractivity contribution in [2.24, 2.45) is 0 Å². The second-order valence-electron chi connectivity index (χ2n) is 5.94. The highest BCUT2D eigenvalue weighted by Crippen LogP contribution is 2.27. The molecule has 1 aliphatic carbocycles. The molecule has 0 unspecified atom stereocenters. The lowest BCUT2D eigenvalue weighted by atomic mass is 10.1. The number of rotatable bonds is 5. The van der Waals surface area contributed by atoms with Crippen molar-refractivity contribution in [3.63, 3.8) is 0 Å². The Morgan fingerprint density at radius 1 is 1.05 bits per heavy atom. The molecule has 21 heavy (non-hydrogen) atoms. The quantitative estimate of drug-likeness (QED) is 0.833. The third kappa shape index (κ3) is 3.05. The predicted octanol–water partition coefficient (Wildman–Crippen LogP) is 4.17. The van der Waals surface area contributed by atoms with E-state index in [2.05, 4.69) is 42.2 Å². The zero-order valence-corrected chi connectivity index (χ0v) is 12.8. The van der Waals surface area contributed by atoms with Crippen molar-refractivity contribution in [2.75, 3.05) is 17.2 Å². The first-order chi connectivity index (χ1) is 10.3. The molecule has 0 amide bonds. The first-order valence-electron chi connectivity index (χ1n) is 7.98. The molecule has 0 saturated heterocycles. The first kappa shape index (κ1) is 14.0. The summed E-state index contributed by atoms with van der Waals surface area (Å²) in [5.74, 6) is 0. The lowest BCUT2D eigenvalue weighted by molar-refractivity contribution is 0.768. The van der Waals surface area contributed by atoms with Crippen molar-refractivity contribution in [1.29, 1.82) is 0 Å². The molecule has 2 aromatic rings. The number of anilines is 2. The molecular formula is C19H24N2. The highest BCUT2D eigenvalue weighted by atomic mass is 15.1. The van der Waals surface area contributed by atoms with Crippen LogP contribution in [0.15, 0.2) is 42.5 Å². The Morgan fingerprint density at radius 2 is 1.86 bits per heavy atom. The largest absolute Gasteiger partial charge is 0.397 e. The van der Waals surface area contributed by atoms with Gasteiger partial charge in [-0.25, -0.2) is 0 Å². The Hall–Kier alpha value is -1.96. The molecular weight excluding hydrogens is 256 g/mol. The monoisotopic (exact) mass is 280 g/mol. The lowest BCUT2D eigenvalue weighted by Crippen LogP contribution is -2.24. The zero-order chi connectivity index (χ0) is 14.7. The molecule has 0 aliphatic heterocycles. The summed E-state index contributed by atoms with van der Waals surface area (Å²) < 4.78 is 0. The minimum absolute atomic E-state index is 0.868. The van der Waals surface area contributed by atoms with E-state index >= 15 is 0 Å². The summed E-state index contributed by atoms with van der Waals surface area (Å²) >= 11 is 0. The molecule has 2 nitrogen and oxygen atoms in total. The minimum Gasteiger partial charge on any atom is -0.397 e. The van der Waals surface area contributed by atoms with Crippen LogP contribution in [-0.2, 0) is 19.4 Å². The first-order valence-corrected chi connectivity index (χ1v) is 7.98. The van der Waals surface area contributed by atoms with Gasteiger partial charge in [-0.1, -0.05) is 37.3 Å². The molecule has 2 N–H and O–H groups in total. The summed E-state index contributed by atoms with van der Waals surface area (Å²) in [5.41, 5.74) is 12.7. The fraction of sp³-hybridized carbons (Fsp3) is 0.368. The molecule has 110 valence electrons. The molecule has 0 spiro atoms. The molecule has 2 heteroatoms. The van der Waals surface area contributed by atoms with Crippen LogP contribution >= 0.6 is 0 Å². The van der Waals surface area contributed by atoms with E-state index in [1.807, 2.05) is 12.1 Å². The number of hydrogen-bond donors (Lipinski definition) is 1. The highest BCUT2D eigenvalue weighted by molar-refractivity contribution is 5.67. The minimum atomic E-state index is 0.868. The van der Waals surface area contributed by atoms with Gasteiger partial charge in [-0.3, -0.25) is 0 Å². The maximum absolute atomic E-state index is 6.15. The molecule has 0 saturated carbocycles. The molecule has 2 aromatic carbocycles. The number of fused-ring (bicyclic) bond motifs is 1. The summed E-state index contributed by atoms with van der Waals surface area (Å²) in [6, 6.07) is 15.2. The van der Waals surface area contributed by atoms with Crippen molar-refractivity contribution in [3.8, 4) is 0 Å². The second kappa shape index (κ2) is 6.21. The standard InChI is InChI=1S/C19H24N2/c1-2-12-21(19-9-4-3-8-18(19)20)14-15-10-11-16-6-5-7-17(16)13-15/h3-4,8-11,13H,2,5-7,12,14,20H2,1H3. The molecule has 0 radical (unpaired) electrons. The van der Waals surface area contributed by atoms with E-state index in [0.717, 1.165) is 30.9 Å². The van der Waals surface area contributed by atoms with Gasteiger partial charge in [0, 0.05) is 13.1 Å². The third-order valence-corrected chi connectivity index (χ3v) is 4.31. The van der Waals surface area contributed by atoms with Crippen LogP contribution in [-0.4, -0.2) is 6.54 Å². The summed E-state index contributed by atoms with van der Waals surface area (Å²) in [6.45, 7) is 4.19. The summed E-state index contributed by atoms with van der Waals surface area (Å²) in [4.78, 5) is 2.39. The fourth-order valence-electron chi connectivity index (χ4n) is 3.27. The van der Waals surface area contributed by atoms with Gasteiger partial charge < -0.3 is 10.6 Å². The molecule has 0 bridgehead atoms. The molecule has 0 heterocycles. The van der Waals surface area contributed by atoms with Gasteiger partial charge in [0.05, 0.1) is 11.4 Å². The average molecular weight is 280 g/mol. The lowest BCUT2D eigenvalue weighted by Gasteiger charge is -2.26. The topological polar surface area (TPSA) is 29.3 Å². The van der Waals surface area contributed by atoms with Crippen molar-refractivity contribution in [2.45, 2.75) is 39.2 Å². The number of benzene rings is 2. The Bertz CT molecular complexity index is 619. The van der Waals surface area contributed by atoms with E-state index in [4.69, 9.17) is 5.73 Å². The van der Waals surface area contributed by atoms with Crippen LogP contribution < -0.4 is 10.6 Å². The van der Waals surface area contributed by atoms with Crippen LogP contribution in [0, 0.1) is 0 Å². The molecule has 3 rings (SSSR count). The third-order valence-electron chi connectivity index (χ3n) is 4.31. The van der Waals surface area contributed by atoms with Crippen LogP contribution in [0.3, 0.4) is 0 Å². The highest BCUT2D eigenvalue weighted by Gasteiger charge is 2.13. The normalized spacial score (nSPS) is 13.2. The van der Waals surface area contributed by atoms with Crippen LogP contribution in [0.25, 0.3) is 0 Å².